The number of halogens is 1. The van der Waals surface area contributed by atoms with Gasteiger partial charge in [0.15, 0.2) is 21.4 Å². The van der Waals surface area contributed by atoms with E-state index in [1.54, 1.807) is 16.9 Å². The minimum absolute atomic E-state index is 0.0222. The van der Waals surface area contributed by atoms with Crippen molar-refractivity contribution in [1.82, 2.24) is 4.90 Å². The first-order valence-electron chi connectivity index (χ1n) is 9.28. The van der Waals surface area contributed by atoms with Crippen LogP contribution in [0.3, 0.4) is 0 Å². The molecular formula is C18H24FN3O7S. The van der Waals surface area contributed by atoms with E-state index in [2.05, 4.69) is 0 Å². The van der Waals surface area contributed by atoms with E-state index in [4.69, 9.17) is 9.47 Å². The number of aliphatic hydroxyl groups is 1. The zero-order chi connectivity index (χ0) is 22.1. The Morgan fingerprint density at radius 3 is 2.67 bits per heavy atom. The van der Waals surface area contributed by atoms with E-state index in [1.807, 2.05) is 0 Å². The van der Waals surface area contributed by atoms with Gasteiger partial charge in [0.1, 0.15) is 5.82 Å². The molecule has 0 aliphatic carbocycles. The molecule has 0 bridgehead atoms. The molecule has 2 atom stereocenters. The Kier molecular flexibility index (Phi) is 6.48. The van der Waals surface area contributed by atoms with Gasteiger partial charge in [0.25, 0.3) is 0 Å². The summed E-state index contributed by atoms with van der Waals surface area (Å²) in [4.78, 5) is 28.7. The summed E-state index contributed by atoms with van der Waals surface area (Å²) in [5.74, 6) is -0.770. The first-order valence-corrected chi connectivity index (χ1v) is 11.2. The highest BCUT2D eigenvalue weighted by Crippen LogP contribution is 2.29. The Hall–Kier alpha value is -2.44. The van der Waals surface area contributed by atoms with Crippen molar-refractivity contribution in [3.63, 3.8) is 0 Å². The molecule has 0 spiro atoms. The summed E-state index contributed by atoms with van der Waals surface area (Å²) < 4.78 is 47.7. The predicted molar refractivity (Wildman–Crippen MR) is 106 cm³/mol. The van der Waals surface area contributed by atoms with Crippen LogP contribution in [0.5, 0.6) is 0 Å². The van der Waals surface area contributed by atoms with E-state index in [1.165, 1.54) is 12.1 Å². The molecule has 0 radical (unpaired) electrons. The number of benzene rings is 1. The third kappa shape index (κ3) is 4.65. The van der Waals surface area contributed by atoms with E-state index in [-0.39, 0.29) is 30.4 Å². The van der Waals surface area contributed by atoms with Crippen LogP contribution in [0.4, 0.5) is 20.6 Å². The number of rotatable bonds is 7. The van der Waals surface area contributed by atoms with Gasteiger partial charge in [0.2, 0.25) is 5.91 Å². The number of hydrogen-bond acceptors (Lipinski definition) is 8. The van der Waals surface area contributed by atoms with Gasteiger partial charge in [-0.05, 0) is 18.2 Å². The van der Waals surface area contributed by atoms with Crippen LogP contribution in [-0.2, 0) is 24.1 Å². The molecule has 3 rings (SSSR count). The highest BCUT2D eigenvalue weighted by molar-refractivity contribution is 7.91. The minimum atomic E-state index is -3.83. The number of carbonyl (C=O) groups excluding carboxylic acids is 2. The van der Waals surface area contributed by atoms with Crippen molar-refractivity contribution in [1.29, 1.82) is 0 Å². The summed E-state index contributed by atoms with van der Waals surface area (Å²) in [5, 5.41) is 9.82. The fourth-order valence-electron chi connectivity index (χ4n) is 3.39. The van der Waals surface area contributed by atoms with Crippen LogP contribution in [0.15, 0.2) is 18.2 Å². The lowest BCUT2D eigenvalue weighted by atomic mass is 10.2. The number of carbonyl (C=O) groups is 2. The second kappa shape index (κ2) is 8.74. The molecule has 2 amide bonds. The van der Waals surface area contributed by atoms with E-state index >= 15 is 0 Å². The molecule has 0 aromatic heterocycles. The molecule has 2 fully saturated rings. The normalized spacial score (nSPS) is 21.2. The van der Waals surface area contributed by atoms with Crippen LogP contribution in [0.1, 0.15) is 0 Å². The summed E-state index contributed by atoms with van der Waals surface area (Å²) in [7, 11) is -2.28. The fourth-order valence-corrected chi connectivity index (χ4v) is 4.09. The third-order valence-electron chi connectivity index (χ3n) is 5.06. The van der Waals surface area contributed by atoms with Crippen LogP contribution in [0.2, 0.25) is 0 Å². The molecule has 10 nitrogen and oxygen atoms in total. The quantitative estimate of drug-likeness (QED) is 0.614. The molecule has 30 heavy (non-hydrogen) atoms. The maximum atomic E-state index is 14.8. The highest BCUT2D eigenvalue weighted by atomic mass is 32.2. The lowest BCUT2D eigenvalue weighted by Crippen LogP contribution is -2.51. The largest absolute Gasteiger partial charge is 0.440 e. The van der Waals surface area contributed by atoms with E-state index < -0.39 is 33.3 Å². The summed E-state index contributed by atoms with van der Waals surface area (Å²) in [6.07, 6.45) is -1.32. The van der Waals surface area contributed by atoms with Gasteiger partial charge in [0.05, 0.1) is 31.1 Å². The smallest absolute Gasteiger partial charge is 0.414 e. The first-order chi connectivity index (χ1) is 14.1. The van der Waals surface area contributed by atoms with Gasteiger partial charge in [-0.1, -0.05) is 0 Å². The third-order valence-corrected chi connectivity index (χ3v) is 6.24. The second-order valence-electron chi connectivity index (χ2n) is 7.18. The zero-order valence-electron chi connectivity index (χ0n) is 16.7. The number of aliphatic hydroxyl groups excluding tert-OH is 1. The molecule has 1 aromatic carbocycles. The molecule has 1 N–H and O–H groups in total. The maximum Gasteiger partial charge on any atom is 0.414 e. The van der Waals surface area contributed by atoms with Gasteiger partial charge in [0, 0.05) is 33.0 Å². The Morgan fingerprint density at radius 1 is 1.33 bits per heavy atom. The van der Waals surface area contributed by atoms with Gasteiger partial charge in [-0.25, -0.2) is 17.6 Å². The standard InChI is InChI=1S/C18H24FN3O7S/c1-28-8-7-20-5-6-21(11-16(20)23)14-4-3-12(9-13(14)19)22-10-15(29-18(22)25)17(24)30(2,26)27/h3-4,9,15,17,24H,5-8,10-11H2,1-2H3. The highest BCUT2D eigenvalue weighted by Gasteiger charge is 2.41. The van der Waals surface area contributed by atoms with Crippen LogP contribution in [-0.4, -0.2) is 94.7 Å². The molecule has 2 unspecified atom stereocenters. The number of hydrogen-bond donors (Lipinski definition) is 1. The molecule has 2 aliphatic heterocycles. The number of anilines is 2. The monoisotopic (exact) mass is 445 g/mol. The molecule has 0 saturated carbocycles. The maximum absolute atomic E-state index is 14.8. The zero-order valence-corrected chi connectivity index (χ0v) is 17.5. The van der Waals surface area contributed by atoms with Gasteiger partial charge >= 0.3 is 6.09 Å². The number of cyclic esters (lactones) is 1. The predicted octanol–water partition coefficient (Wildman–Crippen LogP) is -0.191. The Balaban J connectivity index is 1.70. The van der Waals surface area contributed by atoms with Crippen molar-refractivity contribution in [3.05, 3.63) is 24.0 Å². The number of nitrogens with zero attached hydrogens (tertiary/aromatic N) is 3. The van der Waals surface area contributed by atoms with Crippen molar-refractivity contribution < 1.29 is 37.0 Å². The number of amides is 2. The summed E-state index contributed by atoms with van der Waals surface area (Å²) in [6.45, 7) is 1.57. The minimum Gasteiger partial charge on any atom is -0.440 e. The molecule has 2 aliphatic rings. The van der Waals surface area contributed by atoms with Crippen molar-refractivity contribution in [3.8, 4) is 0 Å². The van der Waals surface area contributed by atoms with Gasteiger partial charge in [-0.2, -0.15) is 0 Å². The Morgan fingerprint density at radius 2 is 2.07 bits per heavy atom. The van der Waals surface area contributed by atoms with Crippen molar-refractivity contribution in [2.45, 2.75) is 11.5 Å². The van der Waals surface area contributed by atoms with E-state index in [9.17, 15) is 27.5 Å². The van der Waals surface area contributed by atoms with E-state index in [0.29, 0.717) is 26.2 Å². The summed E-state index contributed by atoms with van der Waals surface area (Å²) >= 11 is 0. The SMILES string of the molecule is COCCN1CCN(c2ccc(N3CC(C(O)S(C)(=O)=O)OC3=O)cc2F)CC1=O. The Bertz CT molecular complexity index is 926. The molecule has 2 heterocycles. The summed E-state index contributed by atoms with van der Waals surface area (Å²) in [5.41, 5.74) is -1.48. The average molecular weight is 445 g/mol. The van der Waals surface area contributed by atoms with Crippen molar-refractivity contribution in [2.24, 2.45) is 0 Å². The topological polar surface area (TPSA) is 117 Å². The lowest BCUT2D eigenvalue weighted by Gasteiger charge is -2.35. The number of methoxy groups -OCH3 is 1. The fraction of sp³-hybridized carbons (Fsp3) is 0.556. The van der Waals surface area contributed by atoms with Crippen molar-refractivity contribution >= 4 is 33.2 Å². The molecule has 1 aromatic rings. The number of piperazine rings is 1. The van der Waals surface area contributed by atoms with E-state index in [0.717, 1.165) is 17.2 Å². The molecular weight excluding hydrogens is 421 g/mol. The van der Waals surface area contributed by atoms with Crippen LogP contribution >= 0.6 is 0 Å². The molecule has 166 valence electrons. The Labute approximate surface area is 173 Å². The average Bonchev–Trinajstić information content (AvgIpc) is 3.07. The van der Waals surface area contributed by atoms with Crippen molar-refractivity contribution in [2.75, 3.05) is 62.5 Å². The first kappa shape index (κ1) is 22.2. The van der Waals surface area contributed by atoms with Gasteiger partial charge in [-0.3, -0.25) is 9.69 Å². The molecule has 12 heteroatoms. The number of ether oxygens (including phenoxy) is 2. The second-order valence-corrected chi connectivity index (χ2v) is 9.33. The van der Waals surface area contributed by atoms with Gasteiger partial charge < -0.3 is 24.4 Å². The summed E-state index contributed by atoms with van der Waals surface area (Å²) in [6, 6.07) is 4.06. The molecule has 2 saturated heterocycles. The van der Waals surface area contributed by atoms with Crippen LogP contribution < -0.4 is 9.80 Å². The van der Waals surface area contributed by atoms with Gasteiger partial charge in [-0.15, -0.1) is 0 Å². The number of sulfone groups is 1. The lowest BCUT2D eigenvalue weighted by molar-refractivity contribution is -0.131. The van der Waals surface area contributed by atoms with Crippen LogP contribution in [0, 0.1) is 5.82 Å². The van der Waals surface area contributed by atoms with Crippen LogP contribution in [0.25, 0.3) is 0 Å².